The molecule has 5 heteroatoms. The third-order valence-electron chi connectivity index (χ3n) is 4.33. The molecule has 2 aromatic carbocycles. The molecular formula is C23H22N2O3. The first-order chi connectivity index (χ1) is 13.6. The first-order valence-electron chi connectivity index (χ1n) is 9.13. The number of ether oxygens (including phenoxy) is 1. The van der Waals surface area contributed by atoms with Crippen LogP contribution in [-0.2, 0) is 20.7 Å². The second-order valence-corrected chi connectivity index (χ2v) is 6.40. The van der Waals surface area contributed by atoms with Crippen molar-refractivity contribution in [3.05, 3.63) is 83.6 Å². The number of aromatic nitrogens is 1. The maximum Gasteiger partial charge on any atom is 0.331 e. The number of amides is 1. The fourth-order valence-corrected chi connectivity index (χ4v) is 2.79. The Bertz CT molecular complexity index is 1010. The summed E-state index contributed by atoms with van der Waals surface area (Å²) >= 11 is 0. The molecule has 0 saturated heterocycles. The number of aryl methyl sites for hydroxylation is 1. The number of carbonyl (C=O) groups is 2. The molecule has 3 rings (SSSR count). The molecule has 1 heterocycles. The average Bonchev–Trinajstić information content (AvgIpc) is 2.72. The summed E-state index contributed by atoms with van der Waals surface area (Å²) in [7, 11) is 0. The second kappa shape index (κ2) is 9.46. The Labute approximate surface area is 164 Å². The fraction of sp³-hybridized carbons (Fsp3) is 0.174. The van der Waals surface area contributed by atoms with Crippen LogP contribution in [0.15, 0.2) is 66.7 Å². The lowest BCUT2D eigenvalue weighted by molar-refractivity contribution is -0.143. The van der Waals surface area contributed by atoms with Crippen molar-refractivity contribution in [3.63, 3.8) is 0 Å². The minimum Gasteiger partial charge on any atom is -0.452 e. The summed E-state index contributed by atoms with van der Waals surface area (Å²) < 4.78 is 4.97. The van der Waals surface area contributed by atoms with Crippen LogP contribution in [0, 0.1) is 6.92 Å². The highest BCUT2D eigenvalue weighted by Gasteiger charge is 2.05. The Hall–Kier alpha value is -3.47. The Balaban J connectivity index is 1.42. The van der Waals surface area contributed by atoms with E-state index >= 15 is 0 Å². The zero-order valence-corrected chi connectivity index (χ0v) is 15.7. The average molecular weight is 374 g/mol. The molecule has 142 valence electrons. The van der Waals surface area contributed by atoms with Crippen molar-refractivity contribution in [3.8, 4) is 0 Å². The number of hydrogen-bond acceptors (Lipinski definition) is 4. The minimum atomic E-state index is -0.580. The minimum absolute atomic E-state index is 0.303. The molecule has 0 radical (unpaired) electrons. The molecule has 0 spiro atoms. The molecule has 0 atom stereocenters. The van der Waals surface area contributed by atoms with Crippen molar-refractivity contribution in [1.82, 2.24) is 10.3 Å². The topological polar surface area (TPSA) is 68.3 Å². The van der Waals surface area contributed by atoms with Gasteiger partial charge in [-0.05, 0) is 42.7 Å². The molecule has 0 aliphatic rings. The van der Waals surface area contributed by atoms with Crippen LogP contribution < -0.4 is 5.32 Å². The smallest absolute Gasteiger partial charge is 0.331 e. The van der Waals surface area contributed by atoms with Crippen LogP contribution in [0.1, 0.15) is 16.8 Å². The number of nitrogens with zero attached hydrogens (tertiary/aromatic N) is 1. The van der Waals surface area contributed by atoms with Crippen LogP contribution in [0.2, 0.25) is 0 Å². The summed E-state index contributed by atoms with van der Waals surface area (Å²) in [6, 6.07) is 19.5. The molecule has 3 aromatic rings. The van der Waals surface area contributed by atoms with Crippen molar-refractivity contribution in [2.24, 2.45) is 0 Å². The highest BCUT2D eigenvalue weighted by Crippen LogP contribution is 2.12. The zero-order chi connectivity index (χ0) is 19.8. The summed E-state index contributed by atoms with van der Waals surface area (Å²) in [5.74, 6) is -0.900. The van der Waals surface area contributed by atoms with Crippen molar-refractivity contribution in [2.45, 2.75) is 13.3 Å². The van der Waals surface area contributed by atoms with Crippen LogP contribution in [0.25, 0.3) is 17.0 Å². The van der Waals surface area contributed by atoms with Crippen molar-refractivity contribution >= 4 is 28.9 Å². The lowest BCUT2D eigenvalue weighted by Gasteiger charge is -2.07. The van der Waals surface area contributed by atoms with Gasteiger partial charge in [0.2, 0.25) is 0 Å². The van der Waals surface area contributed by atoms with E-state index in [4.69, 9.17) is 4.74 Å². The normalized spacial score (nSPS) is 10.9. The Morgan fingerprint density at radius 1 is 1.04 bits per heavy atom. The summed E-state index contributed by atoms with van der Waals surface area (Å²) in [4.78, 5) is 28.1. The van der Waals surface area contributed by atoms with E-state index in [0.717, 1.165) is 17.3 Å². The van der Waals surface area contributed by atoms with Gasteiger partial charge in [-0.25, -0.2) is 9.78 Å². The van der Waals surface area contributed by atoms with Gasteiger partial charge in [-0.2, -0.15) is 0 Å². The SMILES string of the molecule is Cc1ccccc1CCNC(=O)COC(=O)/C=C/c1ccc2ccccc2n1. The third kappa shape index (κ3) is 5.51. The molecule has 0 saturated carbocycles. The van der Waals surface area contributed by atoms with E-state index in [2.05, 4.69) is 10.3 Å². The van der Waals surface area contributed by atoms with E-state index in [9.17, 15) is 9.59 Å². The summed E-state index contributed by atoms with van der Waals surface area (Å²) in [6.45, 7) is 2.23. The van der Waals surface area contributed by atoms with Gasteiger partial charge in [-0.3, -0.25) is 4.79 Å². The van der Waals surface area contributed by atoms with Gasteiger partial charge < -0.3 is 10.1 Å². The number of hydrogen-bond donors (Lipinski definition) is 1. The standard InChI is InChI=1S/C23H22N2O3/c1-17-6-2-3-7-18(17)14-15-24-22(26)16-28-23(27)13-12-20-11-10-19-8-4-5-9-21(19)25-20/h2-13H,14-16H2,1H3,(H,24,26)/b13-12+. The maximum absolute atomic E-state index is 11.8. The predicted octanol–water partition coefficient (Wildman–Crippen LogP) is 3.46. The fourth-order valence-electron chi connectivity index (χ4n) is 2.79. The number of fused-ring (bicyclic) bond motifs is 1. The van der Waals surface area contributed by atoms with Gasteiger partial charge in [0.15, 0.2) is 6.61 Å². The van der Waals surface area contributed by atoms with Gasteiger partial charge in [0.1, 0.15) is 0 Å². The zero-order valence-electron chi connectivity index (χ0n) is 15.7. The molecule has 1 aromatic heterocycles. The lowest BCUT2D eigenvalue weighted by Crippen LogP contribution is -2.30. The van der Waals surface area contributed by atoms with Gasteiger partial charge >= 0.3 is 5.97 Å². The lowest BCUT2D eigenvalue weighted by atomic mass is 10.1. The maximum atomic E-state index is 11.8. The first-order valence-corrected chi connectivity index (χ1v) is 9.13. The third-order valence-corrected chi connectivity index (χ3v) is 4.33. The van der Waals surface area contributed by atoms with E-state index in [1.165, 1.54) is 17.2 Å². The highest BCUT2D eigenvalue weighted by atomic mass is 16.5. The summed E-state index contributed by atoms with van der Waals surface area (Å²) in [5.41, 5.74) is 3.88. The van der Waals surface area contributed by atoms with Crippen molar-refractivity contribution < 1.29 is 14.3 Å². The van der Waals surface area contributed by atoms with Gasteiger partial charge in [0.05, 0.1) is 11.2 Å². The molecule has 0 aliphatic heterocycles. The molecule has 0 unspecified atom stereocenters. The van der Waals surface area contributed by atoms with E-state index in [1.54, 1.807) is 6.08 Å². The quantitative estimate of drug-likeness (QED) is 0.508. The number of nitrogens with one attached hydrogen (secondary N) is 1. The number of para-hydroxylation sites is 1. The van der Waals surface area contributed by atoms with E-state index in [-0.39, 0.29) is 12.5 Å². The highest BCUT2D eigenvalue weighted by molar-refractivity contribution is 5.89. The van der Waals surface area contributed by atoms with Crippen LogP contribution >= 0.6 is 0 Å². The predicted molar refractivity (Wildman–Crippen MR) is 110 cm³/mol. The monoisotopic (exact) mass is 374 g/mol. The Morgan fingerprint density at radius 3 is 2.68 bits per heavy atom. The Kier molecular flexibility index (Phi) is 6.52. The number of rotatable bonds is 7. The van der Waals surface area contributed by atoms with Gasteiger partial charge in [0.25, 0.3) is 5.91 Å². The summed E-state index contributed by atoms with van der Waals surface area (Å²) in [6.07, 6.45) is 3.59. The molecule has 1 amide bonds. The summed E-state index contributed by atoms with van der Waals surface area (Å²) in [5, 5.41) is 3.79. The number of pyridine rings is 1. The molecule has 28 heavy (non-hydrogen) atoms. The molecular weight excluding hydrogens is 352 g/mol. The Morgan fingerprint density at radius 2 is 1.82 bits per heavy atom. The van der Waals surface area contributed by atoms with E-state index < -0.39 is 5.97 Å². The largest absolute Gasteiger partial charge is 0.452 e. The van der Waals surface area contributed by atoms with Crippen LogP contribution in [-0.4, -0.2) is 30.0 Å². The number of esters is 1. The number of benzene rings is 2. The van der Waals surface area contributed by atoms with Gasteiger partial charge in [-0.1, -0.05) is 48.5 Å². The second-order valence-electron chi connectivity index (χ2n) is 6.40. The molecule has 0 aliphatic carbocycles. The number of carbonyl (C=O) groups excluding carboxylic acids is 2. The molecule has 0 fully saturated rings. The van der Waals surface area contributed by atoms with Gasteiger partial charge in [-0.15, -0.1) is 0 Å². The molecule has 0 bridgehead atoms. The van der Waals surface area contributed by atoms with Crippen LogP contribution in [0.4, 0.5) is 0 Å². The van der Waals surface area contributed by atoms with Crippen molar-refractivity contribution in [2.75, 3.05) is 13.2 Å². The first kappa shape index (κ1) is 19.3. The van der Waals surface area contributed by atoms with Gasteiger partial charge in [0, 0.05) is 18.0 Å². The van der Waals surface area contributed by atoms with E-state index in [1.807, 2.05) is 67.6 Å². The van der Waals surface area contributed by atoms with Crippen LogP contribution in [0.3, 0.4) is 0 Å². The van der Waals surface area contributed by atoms with Crippen LogP contribution in [0.5, 0.6) is 0 Å². The molecule has 5 nitrogen and oxygen atoms in total. The van der Waals surface area contributed by atoms with E-state index in [0.29, 0.717) is 12.2 Å². The molecule has 1 N–H and O–H groups in total. The van der Waals surface area contributed by atoms with Crippen molar-refractivity contribution in [1.29, 1.82) is 0 Å².